The molecular weight excluding hydrogens is 412 g/mol. The summed E-state index contributed by atoms with van der Waals surface area (Å²) < 4.78 is 6.44. The van der Waals surface area contributed by atoms with Crippen molar-refractivity contribution in [1.82, 2.24) is 19.9 Å². The molecule has 33 heavy (non-hydrogen) atoms. The van der Waals surface area contributed by atoms with Crippen molar-refractivity contribution in [2.24, 2.45) is 0 Å². The van der Waals surface area contributed by atoms with Crippen molar-refractivity contribution in [1.29, 1.82) is 0 Å². The minimum atomic E-state index is 0.207. The third-order valence-electron chi connectivity index (χ3n) is 6.00. The lowest BCUT2D eigenvalue weighted by atomic mass is 10.1. The summed E-state index contributed by atoms with van der Waals surface area (Å²) in [6, 6.07) is 18.0. The van der Waals surface area contributed by atoms with E-state index < -0.39 is 0 Å². The Bertz CT molecular complexity index is 1230. The maximum atomic E-state index is 6.44. The number of nitrogens with zero attached hydrogens (tertiary/aromatic N) is 4. The summed E-state index contributed by atoms with van der Waals surface area (Å²) in [4.78, 5) is 15.7. The van der Waals surface area contributed by atoms with Gasteiger partial charge >= 0.3 is 0 Å². The summed E-state index contributed by atoms with van der Waals surface area (Å²) in [6.45, 7) is 4.17. The SMILES string of the molecule is Cc1cc(Nc2ncnc3cccc(OC4CCN(C)CC4)c23)ccc1Nc1ccccn1. The first-order chi connectivity index (χ1) is 16.2. The average molecular weight is 441 g/mol. The Morgan fingerprint density at radius 2 is 1.82 bits per heavy atom. The summed E-state index contributed by atoms with van der Waals surface area (Å²) in [5, 5.41) is 7.75. The van der Waals surface area contributed by atoms with Gasteiger partial charge in [-0.15, -0.1) is 0 Å². The molecule has 1 fully saturated rings. The normalized spacial score (nSPS) is 14.8. The van der Waals surface area contributed by atoms with Crippen molar-refractivity contribution >= 4 is 33.9 Å². The van der Waals surface area contributed by atoms with Gasteiger partial charge in [0.15, 0.2) is 0 Å². The van der Waals surface area contributed by atoms with Crippen LogP contribution in [-0.2, 0) is 0 Å². The number of likely N-dealkylation sites (tertiary alicyclic amines) is 1. The van der Waals surface area contributed by atoms with Gasteiger partial charge in [0.1, 0.15) is 29.8 Å². The van der Waals surface area contributed by atoms with Gasteiger partial charge < -0.3 is 20.3 Å². The summed E-state index contributed by atoms with van der Waals surface area (Å²) in [7, 11) is 2.16. The number of pyridine rings is 1. The van der Waals surface area contributed by atoms with Gasteiger partial charge in [0.25, 0.3) is 0 Å². The van der Waals surface area contributed by atoms with Gasteiger partial charge in [-0.25, -0.2) is 15.0 Å². The van der Waals surface area contributed by atoms with E-state index in [-0.39, 0.29) is 6.10 Å². The van der Waals surface area contributed by atoms with Gasteiger partial charge in [-0.2, -0.15) is 0 Å². The first-order valence-corrected chi connectivity index (χ1v) is 11.3. The van der Waals surface area contributed by atoms with Crippen LogP contribution in [0.2, 0.25) is 0 Å². The van der Waals surface area contributed by atoms with Crippen LogP contribution in [0, 0.1) is 6.92 Å². The van der Waals surface area contributed by atoms with E-state index in [0.717, 1.165) is 71.2 Å². The zero-order chi connectivity index (χ0) is 22.6. The second-order valence-electron chi connectivity index (χ2n) is 8.49. The number of anilines is 4. The van der Waals surface area contributed by atoms with E-state index in [1.54, 1.807) is 12.5 Å². The molecule has 0 radical (unpaired) electrons. The largest absolute Gasteiger partial charge is 0.489 e. The molecule has 2 aromatic heterocycles. The van der Waals surface area contributed by atoms with Gasteiger partial charge in [0, 0.05) is 30.7 Å². The van der Waals surface area contributed by atoms with E-state index >= 15 is 0 Å². The molecule has 7 nitrogen and oxygen atoms in total. The molecule has 0 amide bonds. The monoisotopic (exact) mass is 440 g/mol. The lowest BCUT2D eigenvalue weighted by Gasteiger charge is -2.29. The van der Waals surface area contributed by atoms with E-state index in [0.29, 0.717) is 0 Å². The molecule has 4 aromatic rings. The molecule has 1 aliphatic heterocycles. The molecule has 0 spiro atoms. The number of aromatic nitrogens is 3. The van der Waals surface area contributed by atoms with Gasteiger partial charge in [-0.3, -0.25) is 0 Å². The molecule has 0 bridgehead atoms. The Labute approximate surface area is 193 Å². The molecule has 0 unspecified atom stereocenters. The van der Waals surface area contributed by atoms with Crippen molar-refractivity contribution in [2.75, 3.05) is 30.8 Å². The molecule has 7 heteroatoms. The summed E-state index contributed by atoms with van der Waals surface area (Å²) >= 11 is 0. The Morgan fingerprint density at radius 1 is 0.939 bits per heavy atom. The number of hydrogen-bond acceptors (Lipinski definition) is 7. The number of aryl methyl sites for hydroxylation is 1. The van der Waals surface area contributed by atoms with Crippen molar-refractivity contribution in [2.45, 2.75) is 25.9 Å². The van der Waals surface area contributed by atoms with Crippen LogP contribution >= 0.6 is 0 Å². The molecule has 0 atom stereocenters. The van der Waals surface area contributed by atoms with E-state index in [1.165, 1.54) is 0 Å². The highest BCUT2D eigenvalue weighted by atomic mass is 16.5. The van der Waals surface area contributed by atoms with E-state index in [2.05, 4.69) is 50.5 Å². The topological polar surface area (TPSA) is 75.2 Å². The first kappa shape index (κ1) is 21.2. The van der Waals surface area contributed by atoms with E-state index in [9.17, 15) is 0 Å². The van der Waals surface area contributed by atoms with Crippen LogP contribution in [0.1, 0.15) is 18.4 Å². The Balaban J connectivity index is 1.40. The number of hydrogen-bond donors (Lipinski definition) is 2. The number of piperidine rings is 1. The first-order valence-electron chi connectivity index (χ1n) is 11.3. The Kier molecular flexibility index (Phi) is 6.04. The van der Waals surface area contributed by atoms with Crippen LogP contribution in [0.3, 0.4) is 0 Å². The fourth-order valence-electron chi connectivity index (χ4n) is 4.15. The van der Waals surface area contributed by atoms with Gasteiger partial charge in [0.2, 0.25) is 0 Å². The lowest BCUT2D eigenvalue weighted by Crippen LogP contribution is -2.35. The zero-order valence-electron chi connectivity index (χ0n) is 19.0. The fourth-order valence-corrected chi connectivity index (χ4v) is 4.15. The molecule has 168 valence electrons. The number of fused-ring (bicyclic) bond motifs is 1. The lowest BCUT2D eigenvalue weighted by molar-refractivity contribution is 0.116. The smallest absolute Gasteiger partial charge is 0.145 e. The number of benzene rings is 2. The summed E-state index contributed by atoms with van der Waals surface area (Å²) in [5.41, 5.74) is 3.93. The highest BCUT2D eigenvalue weighted by Gasteiger charge is 2.20. The van der Waals surface area contributed by atoms with Gasteiger partial charge in [0.05, 0.1) is 10.9 Å². The minimum absolute atomic E-state index is 0.207. The second kappa shape index (κ2) is 9.42. The molecule has 0 aliphatic carbocycles. The zero-order valence-corrected chi connectivity index (χ0v) is 19.0. The van der Waals surface area contributed by atoms with Crippen LogP contribution in [-0.4, -0.2) is 46.1 Å². The quantitative estimate of drug-likeness (QED) is 0.422. The molecular formula is C26H28N6O. The number of nitrogens with one attached hydrogen (secondary N) is 2. The van der Waals surface area contributed by atoms with Crippen LogP contribution in [0.5, 0.6) is 5.75 Å². The van der Waals surface area contributed by atoms with Crippen LogP contribution in [0.4, 0.5) is 23.0 Å². The van der Waals surface area contributed by atoms with Gasteiger partial charge in [-0.1, -0.05) is 12.1 Å². The molecule has 2 aromatic carbocycles. The molecule has 3 heterocycles. The Hall–Kier alpha value is -3.71. The number of rotatable bonds is 6. The van der Waals surface area contributed by atoms with Crippen molar-refractivity contribution in [3.8, 4) is 5.75 Å². The third kappa shape index (κ3) is 4.88. The Morgan fingerprint density at radius 3 is 2.61 bits per heavy atom. The van der Waals surface area contributed by atoms with Crippen LogP contribution < -0.4 is 15.4 Å². The third-order valence-corrected chi connectivity index (χ3v) is 6.00. The maximum absolute atomic E-state index is 6.44. The summed E-state index contributed by atoms with van der Waals surface area (Å²) in [5.74, 6) is 2.39. The maximum Gasteiger partial charge on any atom is 0.145 e. The van der Waals surface area contributed by atoms with Crippen molar-refractivity contribution in [3.63, 3.8) is 0 Å². The molecule has 1 saturated heterocycles. The molecule has 1 aliphatic rings. The molecule has 0 saturated carbocycles. The van der Waals surface area contributed by atoms with E-state index in [4.69, 9.17) is 4.74 Å². The van der Waals surface area contributed by atoms with Crippen LogP contribution in [0.25, 0.3) is 10.9 Å². The standard InChI is InChI=1S/C26H28N6O/c1-18-16-19(9-10-21(18)31-24-8-3-4-13-27-24)30-26-25-22(28-17-29-26)6-5-7-23(25)33-20-11-14-32(2)15-12-20/h3-10,13,16-17,20H,11-12,14-15H2,1-2H3,(H,27,31)(H,28,29,30). The molecule has 2 N–H and O–H groups in total. The summed E-state index contributed by atoms with van der Waals surface area (Å²) in [6.07, 6.45) is 5.62. The average Bonchev–Trinajstić information content (AvgIpc) is 2.83. The molecule has 5 rings (SSSR count). The minimum Gasteiger partial charge on any atom is -0.489 e. The van der Waals surface area contributed by atoms with Gasteiger partial charge in [-0.05, 0) is 74.8 Å². The highest BCUT2D eigenvalue weighted by molar-refractivity contribution is 5.95. The van der Waals surface area contributed by atoms with Crippen LogP contribution in [0.15, 0.2) is 67.1 Å². The highest BCUT2D eigenvalue weighted by Crippen LogP contribution is 2.34. The fraction of sp³-hybridized carbons (Fsp3) is 0.269. The van der Waals surface area contributed by atoms with Crippen molar-refractivity contribution in [3.05, 3.63) is 72.7 Å². The van der Waals surface area contributed by atoms with Crippen molar-refractivity contribution < 1.29 is 4.74 Å². The van der Waals surface area contributed by atoms with E-state index in [1.807, 2.05) is 48.5 Å². The predicted molar refractivity (Wildman–Crippen MR) is 133 cm³/mol. The number of ether oxygens (including phenoxy) is 1. The second-order valence-corrected chi connectivity index (χ2v) is 8.49. The predicted octanol–water partition coefficient (Wildman–Crippen LogP) is 5.29.